The number of hydrogen-bond acceptors (Lipinski definition) is 4. The summed E-state index contributed by atoms with van der Waals surface area (Å²) in [5, 5.41) is 0.565. The first-order valence-electron chi connectivity index (χ1n) is 8.01. The van der Waals surface area contributed by atoms with Crippen molar-refractivity contribution in [3.05, 3.63) is 63.6 Å². The van der Waals surface area contributed by atoms with Crippen LogP contribution in [0.2, 0.25) is 10.0 Å². The monoisotopic (exact) mass is 391 g/mol. The third kappa shape index (κ3) is 4.06. The summed E-state index contributed by atoms with van der Waals surface area (Å²) in [4.78, 5) is 37.6. The molecule has 1 saturated heterocycles. The van der Waals surface area contributed by atoms with Crippen LogP contribution in [0.3, 0.4) is 0 Å². The highest BCUT2D eigenvalue weighted by Gasteiger charge is 2.21. The Kier molecular flexibility index (Phi) is 5.59. The van der Waals surface area contributed by atoms with Crippen molar-refractivity contribution in [1.82, 2.24) is 0 Å². The van der Waals surface area contributed by atoms with E-state index in [1.807, 2.05) is 0 Å². The summed E-state index contributed by atoms with van der Waals surface area (Å²) in [5.41, 5.74) is 1.38. The third-order valence-corrected chi connectivity index (χ3v) is 4.80. The largest absolute Gasteiger partial charge is 0.454 e. The molecule has 5 nitrogen and oxygen atoms in total. The zero-order valence-electron chi connectivity index (χ0n) is 13.7. The van der Waals surface area contributed by atoms with Gasteiger partial charge in [-0.25, -0.2) is 4.79 Å². The van der Waals surface area contributed by atoms with E-state index in [4.69, 9.17) is 27.9 Å². The van der Waals surface area contributed by atoms with Crippen molar-refractivity contribution < 1.29 is 19.1 Å². The number of carbonyl (C=O) groups is 3. The summed E-state index contributed by atoms with van der Waals surface area (Å²) < 4.78 is 5.03. The van der Waals surface area contributed by atoms with Crippen LogP contribution < -0.4 is 4.90 Å². The summed E-state index contributed by atoms with van der Waals surface area (Å²) in [6.45, 7) is 0.300. The van der Waals surface area contributed by atoms with E-state index in [2.05, 4.69) is 0 Å². The van der Waals surface area contributed by atoms with Crippen LogP contribution in [0.4, 0.5) is 5.69 Å². The second-order valence-electron chi connectivity index (χ2n) is 5.82. The van der Waals surface area contributed by atoms with E-state index in [1.54, 1.807) is 29.2 Å². The number of esters is 1. The molecule has 0 aromatic heterocycles. The fourth-order valence-electron chi connectivity index (χ4n) is 2.67. The second-order valence-corrected chi connectivity index (χ2v) is 6.64. The SMILES string of the molecule is O=C(COC(=O)c1ccc(Cl)c(Cl)c1)c1ccc(N2CCCC2=O)cc1. The van der Waals surface area contributed by atoms with Gasteiger partial charge < -0.3 is 9.64 Å². The molecule has 1 aliphatic rings. The number of halogens is 2. The van der Waals surface area contributed by atoms with Gasteiger partial charge in [0, 0.05) is 24.2 Å². The minimum Gasteiger partial charge on any atom is -0.454 e. The molecule has 0 bridgehead atoms. The predicted molar refractivity (Wildman–Crippen MR) is 99.1 cm³/mol. The van der Waals surface area contributed by atoms with Crippen LogP contribution in [0.25, 0.3) is 0 Å². The molecule has 1 heterocycles. The molecule has 0 N–H and O–H groups in total. The molecule has 0 saturated carbocycles. The van der Waals surface area contributed by atoms with E-state index in [1.165, 1.54) is 18.2 Å². The van der Waals surface area contributed by atoms with E-state index >= 15 is 0 Å². The Morgan fingerprint density at radius 1 is 1.00 bits per heavy atom. The van der Waals surface area contributed by atoms with Crippen molar-refractivity contribution in [2.75, 3.05) is 18.1 Å². The number of rotatable bonds is 5. The number of Topliss-reactive ketones (excluding diaryl/α,β-unsaturated/α-hetero) is 1. The van der Waals surface area contributed by atoms with Crippen LogP contribution in [0, 0.1) is 0 Å². The minimum atomic E-state index is -0.656. The minimum absolute atomic E-state index is 0.0830. The Morgan fingerprint density at radius 3 is 2.31 bits per heavy atom. The number of amides is 1. The molecule has 2 aromatic rings. The molecule has 7 heteroatoms. The molecular formula is C19H15Cl2NO4. The quantitative estimate of drug-likeness (QED) is 0.566. The number of benzene rings is 2. The fraction of sp³-hybridized carbons (Fsp3) is 0.211. The van der Waals surface area contributed by atoms with Gasteiger partial charge in [-0.2, -0.15) is 0 Å². The Bertz CT molecular complexity index is 864. The highest BCUT2D eigenvalue weighted by atomic mass is 35.5. The van der Waals surface area contributed by atoms with Crippen molar-refractivity contribution in [2.24, 2.45) is 0 Å². The highest BCUT2D eigenvalue weighted by molar-refractivity contribution is 6.42. The number of ether oxygens (including phenoxy) is 1. The standard InChI is InChI=1S/C19H15Cl2NO4/c20-15-8-5-13(10-16(15)21)19(25)26-11-17(23)12-3-6-14(7-4-12)22-9-1-2-18(22)24/h3-8,10H,1-2,9,11H2. The molecule has 134 valence electrons. The van der Waals surface area contributed by atoms with Gasteiger partial charge in [0.05, 0.1) is 15.6 Å². The number of nitrogens with zero attached hydrogens (tertiary/aromatic N) is 1. The van der Waals surface area contributed by atoms with Crippen molar-refractivity contribution in [3.8, 4) is 0 Å². The van der Waals surface area contributed by atoms with Crippen LogP contribution in [-0.4, -0.2) is 30.8 Å². The number of carbonyl (C=O) groups excluding carboxylic acids is 3. The van der Waals surface area contributed by atoms with Gasteiger partial charge in [0.15, 0.2) is 12.4 Å². The molecule has 3 rings (SSSR count). The maximum atomic E-state index is 12.2. The lowest BCUT2D eigenvalue weighted by atomic mass is 10.1. The number of anilines is 1. The average molecular weight is 392 g/mol. The summed E-state index contributed by atoms with van der Waals surface area (Å²) in [5.74, 6) is -0.909. The molecule has 26 heavy (non-hydrogen) atoms. The maximum Gasteiger partial charge on any atom is 0.338 e. The zero-order chi connectivity index (χ0) is 18.7. The third-order valence-electron chi connectivity index (χ3n) is 4.06. The summed E-state index contributed by atoms with van der Waals surface area (Å²) >= 11 is 11.7. The summed E-state index contributed by atoms with van der Waals surface area (Å²) in [6, 6.07) is 11.0. The highest BCUT2D eigenvalue weighted by Crippen LogP contribution is 2.23. The van der Waals surface area contributed by atoms with E-state index < -0.39 is 5.97 Å². The topological polar surface area (TPSA) is 63.7 Å². The fourth-order valence-corrected chi connectivity index (χ4v) is 2.97. The van der Waals surface area contributed by atoms with Gasteiger partial charge in [0.2, 0.25) is 5.91 Å². The van der Waals surface area contributed by atoms with Gasteiger partial charge in [-0.15, -0.1) is 0 Å². The first-order chi connectivity index (χ1) is 12.5. The molecule has 0 aliphatic carbocycles. The first kappa shape index (κ1) is 18.4. The molecular weight excluding hydrogens is 377 g/mol. The molecule has 2 aromatic carbocycles. The van der Waals surface area contributed by atoms with E-state index in [0.29, 0.717) is 23.6 Å². The van der Waals surface area contributed by atoms with Crippen LogP contribution in [0.1, 0.15) is 33.6 Å². The van der Waals surface area contributed by atoms with E-state index in [-0.39, 0.29) is 28.9 Å². The van der Waals surface area contributed by atoms with Gasteiger partial charge in [-0.1, -0.05) is 23.2 Å². The lowest BCUT2D eigenvalue weighted by Crippen LogP contribution is -2.23. The van der Waals surface area contributed by atoms with Crippen LogP contribution in [0.5, 0.6) is 0 Å². The molecule has 1 aliphatic heterocycles. The summed E-state index contributed by atoms with van der Waals surface area (Å²) in [6.07, 6.45) is 1.38. The van der Waals surface area contributed by atoms with Crippen LogP contribution in [0.15, 0.2) is 42.5 Å². The van der Waals surface area contributed by atoms with Crippen molar-refractivity contribution >= 4 is 46.5 Å². The smallest absolute Gasteiger partial charge is 0.338 e. The Balaban J connectivity index is 1.60. The van der Waals surface area contributed by atoms with Gasteiger partial charge in [0.25, 0.3) is 0 Å². The maximum absolute atomic E-state index is 12.2. The van der Waals surface area contributed by atoms with Crippen molar-refractivity contribution in [3.63, 3.8) is 0 Å². The van der Waals surface area contributed by atoms with Gasteiger partial charge >= 0.3 is 5.97 Å². The zero-order valence-corrected chi connectivity index (χ0v) is 15.2. The Labute approximate surface area is 160 Å². The lowest BCUT2D eigenvalue weighted by molar-refractivity contribution is -0.117. The van der Waals surface area contributed by atoms with Gasteiger partial charge in [-0.05, 0) is 48.9 Å². The van der Waals surface area contributed by atoms with Gasteiger partial charge in [-0.3, -0.25) is 9.59 Å². The Hall–Kier alpha value is -2.37. The van der Waals surface area contributed by atoms with E-state index in [9.17, 15) is 14.4 Å². The molecule has 0 unspecified atom stereocenters. The van der Waals surface area contributed by atoms with Crippen LogP contribution in [-0.2, 0) is 9.53 Å². The van der Waals surface area contributed by atoms with Crippen molar-refractivity contribution in [1.29, 1.82) is 0 Å². The van der Waals surface area contributed by atoms with Crippen molar-refractivity contribution in [2.45, 2.75) is 12.8 Å². The molecule has 0 spiro atoms. The molecule has 1 fully saturated rings. The van der Waals surface area contributed by atoms with Crippen LogP contribution >= 0.6 is 23.2 Å². The number of ketones is 1. The Morgan fingerprint density at radius 2 is 1.69 bits per heavy atom. The normalized spacial score (nSPS) is 13.8. The molecule has 0 radical (unpaired) electrons. The predicted octanol–water partition coefficient (Wildman–Crippen LogP) is 4.16. The van der Waals surface area contributed by atoms with Gasteiger partial charge in [0.1, 0.15) is 0 Å². The second kappa shape index (κ2) is 7.89. The molecule has 1 amide bonds. The molecule has 0 atom stereocenters. The lowest BCUT2D eigenvalue weighted by Gasteiger charge is -2.15. The number of hydrogen-bond donors (Lipinski definition) is 0. The van der Waals surface area contributed by atoms with E-state index in [0.717, 1.165) is 12.1 Å². The average Bonchev–Trinajstić information content (AvgIpc) is 3.07. The first-order valence-corrected chi connectivity index (χ1v) is 8.77. The summed E-state index contributed by atoms with van der Waals surface area (Å²) in [7, 11) is 0.